The van der Waals surface area contributed by atoms with E-state index in [9.17, 15) is 5.26 Å². The van der Waals surface area contributed by atoms with Crippen molar-refractivity contribution >= 4 is 5.52 Å². The van der Waals surface area contributed by atoms with E-state index in [1.54, 1.807) is 6.20 Å². The third-order valence-electron chi connectivity index (χ3n) is 4.15. The van der Waals surface area contributed by atoms with E-state index in [4.69, 9.17) is 0 Å². The molecule has 0 aliphatic heterocycles. The lowest BCUT2D eigenvalue weighted by Crippen LogP contribution is -2.33. The standard InChI is InChI=1S/C17H19N5/c1-13(14(2)22-9-5-7-20-22)19-11-15-12-21-8-4-3-6-17(21)16(15)10-18/h3-9,12-14,19H,11H2,1-2H3. The highest BCUT2D eigenvalue weighted by Crippen LogP contribution is 2.18. The zero-order valence-electron chi connectivity index (χ0n) is 12.8. The monoisotopic (exact) mass is 293 g/mol. The highest BCUT2D eigenvalue weighted by atomic mass is 15.3. The second-order valence-corrected chi connectivity index (χ2v) is 5.53. The number of hydrogen-bond acceptors (Lipinski definition) is 3. The molecule has 1 N–H and O–H groups in total. The Labute approximate surface area is 129 Å². The molecular weight excluding hydrogens is 274 g/mol. The molecule has 5 nitrogen and oxygen atoms in total. The Bertz CT molecular complexity index is 794. The third kappa shape index (κ3) is 2.61. The number of rotatable bonds is 5. The van der Waals surface area contributed by atoms with Crippen molar-refractivity contribution in [3.63, 3.8) is 0 Å². The van der Waals surface area contributed by atoms with Gasteiger partial charge in [0.25, 0.3) is 0 Å². The molecule has 3 aromatic heterocycles. The van der Waals surface area contributed by atoms with Crippen LogP contribution in [0, 0.1) is 11.3 Å². The van der Waals surface area contributed by atoms with Crippen LogP contribution in [0.15, 0.2) is 49.1 Å². The summed E-state index contributed by atoms with van der Waals surface area (Å²) < 4.78 is 3.94. The topological polar surface area (TPSA) is 58.0 Å². The van der Waals surface area contributed by atoms with E-state index in [-0.39, 0.29) is 12.1 Å². The highest BCUT2D eigenvalue weighted by molar-refractivity contribution is 5.65. The van der Waals surface area contributed by atoms with Gasteiger partial charge in [0.2, 0.25) is 0 Å². The van der Waals surface area contributed by atoms with E-state index < -0.39 is 0 Å². The zero-order valence-corrected chi connectivity index (χ0v) is 12.8. The number of nitrogens with zero attached hydrogens (tertiary/aromatic N) is 4. The minimum absolute atomic E-state index is 0.245. The summed E-state index contributed by atoms with van der Waals surface area (Å²) in [6.07, 6.45) is 7.75. The smallest absolute Gasteiger partial charge is 0.102 e. The molecule has 3 heterocycles. The Morgan fingerprint density at radius 1 is 1.27 bits per heavy atom. The number of aromatic nitrogens is 3. The van der Waals surface area contributed by atoms with Gasteiger partial charge in [0, 0.05) is 42.9 Å². The molecule has 0 fully saturated rings. The van der Waals surface area contributed by atoms with Gasteiger partial charge in [-0.15, -0.1) is 0 Å². The van der Waals surface area contributed by atoms with Crippen LogP contribution in [0.2, 0.25) is 0 Å². The predicted octanol–water partition coefficient (Wildman–Crippen LogP) is 2.75. The summed E-state index contributed by atoms with van der Waals surface area (Å²) in [5.41, 5.74) is 2.72. The molecule has 0 spiro atoms. The van der Waals surface area contributed by atoms with Gasteiger partial charge in [-0.3, -0.25) is 4.68 Å². The first kappa shape index (κ1) is 14.4. The Hall–Kier alpha value is -2.58. The van der Waals surface area contributed by atoms with E-state index >= 15 is 0 Å². The van der Waals surface area contributed by atoms with Crippen molar-refractivity contribution in [3.8, 4) is 6.07 Å². The van der Waals surface area contributed by atoms with Crippen molar-refractivity contribution in [3.05, 3.63) is 60.2 Å². The molecular formula is C17H19N5. The molecule has 0 radical (unpaired) electrons. The quantitative estimate of drug-likeness (QED) is 0.787. The van der Waals surface area contributed by atoms with Gasteiger partial charge < -0.3 is 9.72 Å². The lowest BCUT2D eigenvalue weighted by atomic mass is 10.1. The number of nitrogens with one attached hydrogen (secondary N) is 1. The van der Waals surface area contributed by atoms with Crippen LogP contribution >= 0.6 is 0 Å². The Morgan fingerprint density at radius 2 is 2.14 bits per heavy atom. The minimum Gasteiger partial charge on any atom is -0.322 e. The molecule has 0 amide bonds. The molecule has 0 aliphatic rings. The van der Waals surface area contributed by atoms with Gasteiger partial charge in [-0.1, -0.05) is 6.07 Å². The number of pyridine rings is 1. The van der Waals surface area contributed by atoms with Crippen LogP contribution in [0.3, 0.4) is 0 Å². The summed E-state index contributed by atoms with van der Waals surface area (Å²) in [6.45, 7) is 4.93. The molecule has 2 unspecified atom stereocenters. The van der Waals surface area contributed by atoms with Crippen LogP contribution in [-0.2, 0) is 6.54 Å². The van der Waals surface area contributed by atoms with E-state index in [0.29, 0.717) is 6.54 Å². The minimum atomic E-state index is 0.245. The number of fused-ring (bicyclic) bond motifs is 1. The van der Waals surface area contributed by atoms with Gasteiger partial charge in [0.05, 0.1) is 17.1 Å². The fraction of sp³-hybridized carbons (Fsp3) is 0.294. The SMILES string of the molecule is CC(NCc1cn2ccccc2c1C#N)C(C)n1cccn1. The van der Waals surface area contributed by atoms with Crippen molar-refractivity contribution in [2.45, 2.75) is 32.5 Å². The molecule has 0 bridgehead atoms. The molecule has 5 heteroatoms. The maximum atomic E-state index is 9.42. The molecule has 0 saturated carbocycles. The molecule has 0 aliphatic carbocycles. The first-order chi connectivity index (χ1) is 10.7. The lowest BCUT2D eigenvalue weighted by molar-refractivity contribution is 0.365. The number of nitriles is 1. The average Bonchev–Trinajstić information content (AvgIpc) is 3.18. The summed E-state index contributed by atoms with van der Waals surface area (Å²) in [5.74, 6) is 0. The van der Waals surface area contributed by atoms with E-state index in [1.165, 1.54) is 0 Å². The van der Waals surface area contributed by atoms with E-state index in [1.807, 2.05) is 51.9 Å². The maximum Gasteiger partial charge on any atom is 0.102 e. The van der Waals surface area contributed by atoms with Gasteiger partial charge in [0.15, 0.2) is 0 Å². The second kappa shape index (κ2) is 6.04. The second-order valence-electron chi connectivity index (χ2n) is 5.53. The van der Waals surface area contributed by atoms with Crippen molar-refractivity contribution in [2.24, 2.45) is 0 Å². The van der Waals surface area contributed by atoms with Crippen molar-refractivity contribution in [1.29, 1.82) is 5.26 Å². The first-order valence-electron chi connectivity index (χ1n) is 7.42. The van der Waals surface area contributed by atoms with Crippen molar-refractivity contribution < 1.29 is 0 Å². The first-order valence-corrected chi connectivity index (χ1v) is 7.42. The molecule has 3 aromatic rings. The molecule has 3 rings (SSSR count). The zero-order chi connectivity index (χ0) is 15.5. The van der Waals surface area contributed by atoms with Crippen molar-refractivity contribution in [2.75, 3.05) is 0 Å². The molecule has 0 aromatic carbocycles. The van der Waals surface area contributed by atoms with Crippen LogP contribution in [0.1, 0.15) is 31.0 Å². The van der Waals surface area contributed by atoms with Gasteiger partial charge in [0.1, 0.15) is 6.07 Å². The summed E-state index contributed by atoms with van der Waals surface area (Å²) in [4.78, 5) is 0. The normalized spacial score (nSPS) is 13.9. The van der Waals surface area contributed by atoms with Crippen LogP contribution in [-0.4, -0.2) is 20.2 Å². The van der Waals surface area contributed by atoms with E-state index in [0.717, 1.165) is 16.6 Å². The molecule has 112 valence electrons. The molecule has 2 atom stereocenters. The summed E-state index contributed by atoms with van der Waals surface area (Å²) in [6, 6.07) is 10.6. The van der Waals surface area contributed by atoms with Gasteiger partial charge in [-0.25, -0.2) is 0 Å². The molecule has 22 heavy (non-hydrogen) atoms. The maximum absolute atomic E-state index is 9.42. The van der Waals surface area contributed by atoms with Crippen LogP contribution < -0.4 is 5.32 Å². The molecule has 0 saturated heterocycles. The van der Waals surface area contributed by atoms with Crippen LogP contribution in [0.25, 0.3) is 5.52 Å². The predicted molar refractivity (Wildman–Crippen MR) is 85.4 cm³/mol. The summed E-state index contributed by atoms with van der Waals surface area (Å²) in [7, 11) is 0. The van der Waals surface area contributed by atoms with Gasteiger partial charge >= 0.3 is 0 Å². The fourth-order valence-electron chi connectivity index (χ4n) is 2.63. The van der Waals surface area contributed by atoms with Gasteiger partial charge in [-0.05, 0) is 32.0 Å². The number of hydrogen-bond donors (Lipinski definition) is 1. The summed E-state index contributed by atoms with van der Waals surface area (Å²) in [5, 5.41) is 17.2. The van der Waals surface area contributed by atoms with Gasteiger partial charge in [-0.2, -0.15) is 10.4 Å². The van der Waals surface area contributed by atoms with Crippen LogP contribution in [0.5, 0.6) is 0 Å². The van der Waals surface area contributed by atoms with Crippen LogP contribution in [0.4, 0.5) is 0 Å². The Balaban J connectivity index is 1.75. The average molecular weight is 293 g/mol. The largest absolute Gasteiger partial charge is 0.322 e. The Kier molecular flexibility index (Phi) is 3.94. The van der Waals surface area contributed by atoms with E-state index in [2.05, 4.69) is 30.3 Å². The highest BCUT2D eigenvalue weighted by Gasteiger charge is 2.15. The fourth-order valence-corrected chi connectivity index (χ4v) is 2.63. The van der Waals surface area contributed by atoms with Crippen molar-refractivity contribution in [1.82, 2.24) is 19.5 Å². The third-order valence-corrected chi connectivity index (χ3v) is 4.15. The summed E-state index contributed by atoms with van der Waals surface area (Å²) >= 11 is 0. The Morgan fingerprint density at radius 3 is 2.86 bits per heavy atom. The lowest BCUT2D eigenvalue weighted by Gasteiger charge is -2.21.